The molecule has 1 heterocycles. The van der Waals surface area contributed by atoms with Gasteiger partial charge in [0.25, 0.3) is 0 Å². The van der Waals surface area contributed by atoms with Gasteiger partial charge in [0.2, 0.25) is 0 Å². The Labute approximate surface area is 171 Å². The van der Waals surface area contributed by atoms with E-state index in [-0.39, 0.29) is 17.5 Å². The van der Waals surface area contributed by atoms with Crippen LogP contribution in [-0.2, 0) is 12.7 Å². The van der Waals surface area contributed by atoms with E-state index in [1.807, 2.05) is 30.3 Å². The summed E-state index contributed by atoms with van der Waals surface area (Å²) in [5.74, 6) is 0.599. The summed E-state index contributed by atoms with van der Waals surface area (Å²) in [7, 11) is 0. The van der Waals surface area contributed by atoms with Gasteiger partial charge in [0, 0.05) is 18.5 Å². The molecule has 0 bridgehead atoms. The minimum atomic E-state index is -4.41. The van der Waals surface area contributed by atoms with Gasteiger partial charge < -0.3 is 15.0 Å². The molecule has 5 nitrogen and oxygen atoms in total. The van der Waals surface area contributed by atoms with E-state index in [1.165, 1.54) is 11.0 Å². The molecular weight excluding hydrogens is 395 g/mol. The summed E-state index contributed by atoms with van der Waals surface area (Å²) in [4.78, 5) is 20.9. The Morgan fingerprint density at radius 2 is 1.93 bits per heavy atom. The molecular formula is C22H22F3N3O2. The fraction of sp³-hybridized carbons (Fsp3) is 0.364. The van der Waals surface area contributed by atoms with Crippen LogP contribution in [0, 0.1) is 0 Å². The topological polar surface area (TPSA) is 69.2 Å². The van der Waals surface area contributed by atoms with Crippen LogP contribution in [0.4, 0.5) is 18.0 Å². The van der Waals surface area contributed by atoms with Crippen molar-refractivity contribution < 1.29 is 23.1 Å². The maximum atomic E-state index is 13.0. The number of aromatic amines is 1. The number of rotatable bonds is 4. The van der Waals surface area contributed by atoms with Gasteiger partial charge in [0.15, 0.2) is 0 Å². The van der Waals surface area contributed by atoms with Gasteiger partial charge in [-0.3, -0.25) is 0 Å². The van der Waals surface area contributed by atoms with E-state index < -0.39 is 17.8 Å². The SMILES string of the molecule is O=C(O)N(Cc1ccccc1)[C@@H]1CCC[C@H](c2nc3cc(C(F)(F)F)ccc3[nH]2)C1. The lowest BCUT2D eigenvalue weighted by Gasteiger charge is -2.35. The number of nitrogens with one attached hydrogen (secondary N) is 1. The number of alkyl halides is 3. The highest BCUT2D eigenvalue weighted by atomic mass is 19.4. The Morgan fingerprint density at radius 3 is 2.63 bits per heavy atom. The van der Waals surface area contributed by atoms with E-state index in [0.29, 0.717) is 24.3 Å². The highest BCUT2D eigenvalue weighted by Gasteiger charge is 2.33. The van der Waals surface area contributed by atoms with Crippen LogP contribution in [-0.4, -0.2) is 32.1 Å². The first-order chi connectivity index (χ1) is 14.3. The van der Waals surface area contributed by atoms with Gasteiger partial charge in [-0.25, -0.2) is 9.78 Å². The Bertz CT molecular complexity index is 1030. The highest BCUT2D eigenvalue weighted by Crippen LogP contribution is 2.36. The number of H-pyrrole nitrogens is 1. The average molecular weight is 417 g/mol. The zero-order valence-corrected chi connectivity index (χ0v) is 16.2. The lowest BCUT2D eigenvalue weighted by Crippen LogP contribution is -2.41. The van der Waals surface area contributed by atoms with E-state index in [0.717, 1.165) is 37.0 Å². The number of aromatic nitrogens is 2. The summed E-state index contributed by atoms with van der Waals surface area (Å²) in [6.07, 6.45) is -2.38. The summed E-state index contributed by atoms with van der Waals surface area (Å²) in [5, 5.41) is 9.76. The Hall–Kier alpha value is -3.03. The van der Waals surface area contributed by atoms with Crippen molar-refractivity contribution in [3.63, 3.8) is 0 Å². The number of hydrogen-bond acceptors (Lipinski definition) is 2. The van der Waals surface area contributed by atoms with Crippen molar-refractivity contribution in [1.29, 1.82) is 0 Å². The van der Waals surface area contributed by atoms with Gasteiger partial charge in [-0.15, -0.1) is 0 Å². The minimum Gasteiger partial charge on any atom is -0.465 e. The predicted molar refractivity (Wildman–Crippen MR) is 106 cm³/mol. The second kappa shape index (κ2) is 8.01. The van der Waals surface area contributed by atoms with Gasteiger partial charge in [-0.1, -0.05) is 36.8 Å². The maximum absolute atomic E-state index is 13.0. The zero-order chi connectivity index (χ0) is 21.3. The number of nitrogens with zero attached hydrogens (tertiary/aromatic N) is 2. The van der Waals surface area contributed by atoms with Gasteiger partial charge in [-0.05, 0) is 43.0 Å². The summed E-state index contributed by atoms with van der Waals surface area (Å²) in [6, 6.07) is 12.8. The molecule has 1 aliphatic rings. The van der Waals surface area contributed by atoms with Crippen molar-refractivity contribution in [3.05, 3.63) is 65.5 Å². The lowest BCUT2D eigenvalue weighted by molar-refractivity contribution is -0.137. The van der Waals surface area contributed by atoms with Gasteiger partial charge >= 0.3 is 12.3 Å². The molecule has 2 N–H and O–H groups in total. The van der Waals surface area contributed by atoms with Crippen molar-refractivity contribution >= 4 is 17.1 Å². The normalized spacial score (nSPS) is 19.7. The molecule has 1 amide bonds. The number of amides is 1. The molecule has 1 aliphatic carbocycles. The Balaban J connectivity index is 1.54. The highest BCUT2D eigenvalue weighted by molar-refractivity contribution is 5.76. The molecule has 0 saturated heterocycles. The van der Waals surface area contributed by atoms with E-state index in [2.05, 4.69) is 9.97 Å². The van der Waals surface area contributed by atoms with Crippen LogP contribution < -0.4 is 0 Å². The lowest BCUT2D eigenvalue weighted by atomic mass is 9.84. The third-order valence-corrected chi connectivity index (χ3v) is 5.74. The van der Waals surface area contributed by atoms with Crippen LogP contribution in [0.25, 0.3) is 11.0 Å². The van der Waals surface area contributed by atoms with Crippen LogP contribution in [0.3, 0.4) is 0 Å². The van der Waals surface area contributed by atoms with Crippen molar-refractivity contribution in [2.45, 2.75) is 50.4 Å². The molecule has 30 heavy (non-hydrogen) atoms. The van der Waals surface area contributed by atoms with Crippen molar-refractivity contribution in [3.8, 4) is 0 Å². The summed E-state index contributed by atoms with van der Waals surface area (Å²) in [6.45, 7) is 0.308. The van der Waals surface area contributed by atoms with E-state index in [9.17, 15) is 23.1 Å². The first kappa shape index (κ1) is 20.3. The fourth-order valence-corrected chi connectivity index (χ4v) is 4.22. The summed E-state index contributed by atoms with van der Waals surface area (Å²) in [5.41, 5.74) is 1.03. The first-order valence-corrected chi connectivity index (χ1v) is 9.91. The molecule has 8 heteroatoms. The summed E-state index contributed by atoms with van der Waals surface area (Å²) < 4.78 is 38.9. The molecule has 0 aliphatic heterocycles. The van der Waals surface area contributed by atoms with E-state index in [4.69, 9.17) is 0 Å². The summed E-state index contributed by atoms with van der Waals surface area (Å²) >= 11 is 0. The van der Waals surface area contributed by atoms with Gasteiger partial charge in [0.05, 0.1) is 16.6 Å². The van der Waals surface area contributed by atoms with E-state index >= 15 is 0 Å². The molecule has 0 radical (unpaired) electrons. The molecule has 1 fully saturated rings. The molecule has 2 aromatic carbocycles. The quantitative estimate of drug-likeness (QED) is 0.565. The average Bonchev–Trinajstić information content (AvgIpc) is 3.15. The molecule has 4 rings (SSSR count). The second-order valence-electron chi connectivity index (χ2n) is 7.77. The van der Waals surface area contributed by atoms with Crippen LogP contribution in [0.2, 0.25) is 0 Å². The van der Waals surface area contributed by atoms with Crippen molar-refractivity contribution in [2.75, 3.05) is 0 Å². The number of carboxylic acid groups (broad SMARTS) is 1. The number of benzene rings is 2. The molecule has 0 unspecified atom stereocenters. The van der Waals surface area contributed by atoms with Crippen molar-refractivity contribution in [1.82, 2.24) is 14.9 Å². The molecule has 2 atom stereocenters. The Morgan fingerprint density at radius 1 is 1.17 bits per heavy atom. The van der Waals surface area contributed by atoms with Crippen molar-refractivity contribution in [2.24, 2.45) is 0 Å². The number of fused-ring (bicyclic) bond motifs is 1. The van der Waals surface area contributed by atoms with Gasteiger partial charge in [0.1, 0.15) is 5.82 Å². The van der Waals surface area contributed by atoms with Crippen LogP contribution >= 0.6 is 0 Å². The number of hydrogen-bond donors (Lipinski definition) is 2. The number of carbonyl (C=O) groups is 1. The molecule has 1 aromatic heterocycles. The van der Waals surface area contributed by atoms with Crippen LogP contribution in [0.1, 0.15) is 48.6 Å². The third-order valence-electron chi connectivity index (χ3n) is 5.74. The standard InChI is InChI=1S/C22H22F3N3O2/c23-22(24,25)16-9-10-18-19(12-16)27-20(26-18)15-7-4-8-17(11-15)28(21(29)30)13-14-5-2-1-3-6-14/h1-3,5-6,9-10,12,15,17H,4,7-8,11,13H2,(H,26,27)(H,29,30)/t15-,17+/m0/s1. The zero-order valence-electron chi connectivity index (χ0n) is 16.2. The molecule has 1 saturated carbocycles. The van der Waals surface area contributed by atoms with Gasteiger partial charge in [-0.2, -0.15) is 13.2 Å². The largest absolute Gasteiger partial charge is 0.465 e. The maximum Gasteiger partial charge on any atom is 0.416 e. The fourth-order valence-electron chi connectivity index (χ4n) is 4.22. The van der Waals surface area contributed by atoms with E-state index in [1.54, 1.807) is 0 Å². The second-order valence-corrected chi connectivity index (χ2v) is 7.77. The molecule has 158 valence electrons. The monoisotopic (exact) mass is 417 g/mol. The first-order valence-electron chi connectivity index (χ1n) is 9.91. The minimum absolute atomic E-state index is 0.0249. The van der Waals surface area contributed by atoms with Crippen LogP contribution in [0.15, 0.2) is 48.5 Å². The number of imidazole rings is 1. The Kier molecular flexibility index (Phi) is 5.40. The molecule has 0 spiro atoms. The van der Waals surface area contributed by atoms with Crippen LogP contribution in [0.5, 0.6) is 0 Å². The molecule has 3 aromatic rings. The smallest absolute Gasteiger partial charge is 0.416 e. The number of halogens is 3. The predicted octanol–water partition coefficient (Wildman–Crippen LogP) is 5.79. The third kappa shape index (κ3) is 4.27.